The molecule has 4 nitrogen and oxygen atoms in total. The van der Waals surface area contributed by atoms with Gasteiger partial charge in [0.25, 0.3) is 0 Å². The van der Waals surface area contributed by atoms with Gasteiger partial charge in [0.15, 0.2) is 0 Å². The number of carboxylic acids is 1. The summed E-state index contributed by atoms with van der Waals surface area (Å²) in [6.45, 7) is 5.15. The van der Waals surface area contributed by atoms with Crippen LogP contribution >= 0.6 is 0 Å². The Morgan fingerprint density at radius 3 is 2.68 bits per heavy atom. The van der Waals surface area contributed by atoms with E-state index >= 15 is 0 Å². The minimum absolute atomic E-state index is 0.0547. The van der Waals surface area contributed by atoms with Crippen LogP contribution in [0.4, 0.5) is 0 Å². The van der Waals surface area contributed by atoms with Crippen LogP contribution in [0.1, 0.15) is 55.5 Å². The quantitative estimate of drug-likeness (QED) is 0.907. The molecule has 1 aliphatic heterocycles. The van der Waals surface area contributed by atoms with Gasteiger partial charge in [0, 0.05) is 12.6 Å². The zero-order valence-corrected chi connectivity index (χ0v) is 13.4. The first-order valence-electron chi connectivity index (χ1n) is 8.09. The van der Waals surface area contributed by atoms with Crippen molar-refractivity contribution < 1.29 is 14.7 Å². The SMILES string of the molecule is CC(C)CC1CCCCN1C(=O)Cc1ccccc1C(=O)O. The molecular weight excluding hydrogens is 278 g/mol. The number of likely N-dealkylation sites (tertiary alicyclic amines) is 1. The van der Waals surface area contributed by atoms with Crippen molar-refractivity contribution in [3.05, 3.63) is 35.4 Å². The molecule has 1 unspecified atom stereocenters. The normalized spacial score (nSPS) is 18.5. The third-order valence-electron chi connectivity index (χ3n) is 4.28. The number of amides is 1. The van der Waals surface area contributed by atoms with Crippen molar-refractivity contribution in [3.63, 3.8) is 0 Å². The maximum Gasteiger partial charge on any atom is 0.335 e. The van der Waals surface area contributed by atoms with Gasteiger partial charge in [0.05, 0.1) is 12.0 Å². The number of piperidine rings is 1. The molecule has 1 N–H and O–H groups in total. The predicted molar refractivity (Wildman–Crippen MR) is 85.9 cm³/mol. The van der Waals surface area contributed by atoms with Crippen LogP contribution < -0.4 is 0 Å². The van der Waals surface area contributed by atoms with E-state index in [1.54, 1.807) is 24.3 Å². The summed E-state index contributed by atoms with van der Waals surface area (Å²) < 4.78 is 0. The average Bonchev–Trinajstić information content (AvgIpc) is 2.47. The van der Waals surface area contributed by atoms with Crippen molar-refractivity contribution in [3.8, 4) is 0 Å². The van der Waals surface area contributed by atoms with Crippen LogP contribution in [-0.2, 0) is 11.2 Å². The van der Waals surface area contributed by atoms with Gasteiger partial charge in [0.2, 0.25) is 5.91 Å². The minimum Gasteiger partial charge on any atom is -0.478 e. The summed E-state index contributed by atoms with van der Waals surface area (Å²) >= 11 is 0. The molecule has 0 aliphatic carbocycles. The van der Waals surface area contributed by atoms with Gasteiger partial charge < -0.3 is 10.0 Å². The second kappa shape index (κ2) is 7.43. The molecule has 1 fully saturated rings. The van der Waals surface area contributed by atoms with Gasteiger partial charge in [-0.2, -0.15) is 0 Å². The highest BCUT2D eigenvalue weighted by atomic mass is 16.4. The van der Waals surface area contributed by atoms with E-state index < -0.39 is 5.97 Å². The molecule has 4 heteroatoms. The maximum absolute atomic E-state index is 12.7. The maximum atomic E-state index is 12.7. The number of nitrogens with zero attached hydrogens (tertiary/aromatic N) is 1. The van der Waals surface area contributed by atoms with E-state index in [2.05, 4.69) is 13.8 Å². The highest BCUT2D eigenvalue weighted by Gasteiger charge is 2.27. The molecule has 1 aromatic carbocycles. The summed E-state index contributed by atoms with van der Waals surface area (Å²) in [6.07, 6.45) is 4.47. The van der Waals surface area contributed by atoms with Gasteiger partial charge >= 0.3 is 5.97 Å². The van der Waals surface area contributed by atoms with Gasteiger partial charge in [-0.25, -0.2) is 4.79 Å². The fourth-order valence-electron chi connectivity index (χ4n) is 3.27. The van der Waals surface area contributed by atoms with Crippen molar-refractivity contribution in [1.29, 1.82) is 0 Å². The van der Waals surface area contributed by atoms with Gasteiger partial charge in [-0.1, -0.05) is 32.0 Å². The lowest BCUT2D eigenvalue weighted by Gasteiger charge is -2.37. The van der Waals surface area contributed by atoms with Gasteiger partial charge in [0.1, 0.15) is 0 Å². The van der Waals surface area contributed by atoms with Crippen LogP contribution in [0.2, 0.25) is 0 Å². The number of hydrogen-bond donors (Lipinski definition) is 1. The van der Waals surface area contributed by atoms with E-state index in [9.17, 15) is 14.7 Å². The smallest absolute Gasteiger partial charge is 0.335 e. The zero-order valence-electron chi connectivity index (χ0n) is 13.4. The fraction of sp³-hybridized carbons (Fsp3) is 0.556. The van der Waals surface area contributed by atoms with E-state index in [1.807, 2.05) is 4.90 Å². The van der Waals surface area contributed by atoms with Crippen LogP contribution in [0.5, 0.6) is 0 Å². The Bertz CT molecular complexity index is 539. The number of hydrogen-bond acceptors (Lipinski definition) is 2. The third kappa shape index (κ3) is 4.09. The number of rotatable bonds is 5. The van der Waals surface area contributed by atoms with Crippen molar-refractivity contribution in [2.24, 2.45) is 5.92 Å². The summed E-state index contributed by atoms with van der Waals surface area (Å²) in [4.78, 5) is 25.9. The summed E-state index contributed by atoms with van der Waals surface area (Å²) in [5.74, 6) is -0.357. The largest absolute Gasteiger partial charge is 0.478 e. The molecule has 120 valence electrons. The average molecular weight is 303 g/mol. The molecule has 1 aliphatic rings. The van der Waals surface area contributed by atoms with E-state index in [1.165, 1.54) is 6.42 Å². The molecule has 0 saturated carbocycles. The number of aromatic carboxylic acids is 1. The molecule has 1 amide bonds. The van der Waals surface area contributed by atoms with E-state index in [-0.39, 0.29) is 17.9 Å². The van der Waals surface area contributed by atoms with Gasteiger partial charge in [-0.15, -0.1) is 0 Å². The topological polar surface area (TPSA) is 57.6 Å². The second-order valence-corrected chi connectivity index (χ2v) is 6.51. The van der Waals surface area contributed by atoms with Crippen LogP contribution in [0.25, 0.3) is 0 Å². The lowest BCUT2D eigenvalue weighted by molar-refractivity contribution is -0.134. The number of carbonyl (C=O) groups is 2. The molecule has 0 aromatic heterocycles. The number of carboxylic acid groups (broad SMARTS) is 1. The lowest BCUT2D eigenvalue weighted by atomic mass is 9.93. The molecule has 0 radical (unpaired) electrons. The van der Waals surface area contributed by atoms with Crippen LogP contribution in [0.3, 0.4) is 0 Å². The first-order chi connectivity index (χ1) is 10.5. The standard InChI is InChI=1S/C18H25NO3/c1-13(2)11-15-8-5-6-10-19(15)17(20)12-14-7-3-4-9-16(14)18(21)22/h3-4,7,9,13,15H,5-6,8,10-12H2,1-2H3,(H,21,22). The highest BCUT2D eigenvalue weighted by Crippen LogP contribution is 2.24. The van der Waals surface area contributed by atoms with Crippen molar-refractivity contribution in [2.75, 3.05) is 6.54 Å². The summed E-state index contributed by atoms with van der Waals surface area (Å²) in [6, 6.07) is 7.09. The first-order valence-corrected chi connectivity index (χ1v) is 8.09. The number of benzene rings is 1. The van der Waals surface area contributed by atoms with Crippen LogP contribution in [0.15, 0.2) is 24.3 Å². The van der Waals surface area contributed by atoms with Crippen LogP contribution in [-0.4, -0.2) is 34.5 Å². The molecule has 1 heterocycles. The van der Waals surface area contributed by atoms with E-state index in [4.69, 9.17) is 0 Å². The Balaban J connectivity index is 2.12. The molecule has 1 aromatic rings. The Hall–Kier alpha value is -1.84. The van der Waals surface area contributed by atoms with E-state index in [0.717, 1.165) is 25.8 Å². The van der Waals surface area contributed by atoms with Crippen molar-refractivity contribution in [2.45, 2.75) is 52.0 Å². The molecular formula is C18H25NO3. The Morgan fingerprint density at radius 2 is 2.00 bits per heavy atom. The monoisotopic (exact) mass is 303 g/mol. The Kier molecular flexibility index (Phi) is 5.58. The first kappa shape index (κ1) is 16.5. The summed E-state index contributed by atoms with van der Waals surface area (Å²) in [5.41, 5.74) is 0.835. The van der Waals surface area contributed by atoms with Crippen molar-refractivity contribution in [1.82, 2.24) is 4.90 Å². The molecule has 2 rings (SSSR count). The Morgan fingerprint density at radius 1 is 1.27 bits per heavy atom. The molecule has 0 spiro atoms. The Labute approximate surface area is 132 Å². The minimum atomic E-state index is -0.972. The molecule has 1 saturated heterocycles. The lowest BCUT2D eigenvalue weighted by Crippen LogP contribution is -2.45. The highest BCUT2D eigenvalue weighted by molar-refractivity contribution is 5.91. The predicted octanol–water partition coefficient (Wildman–Crippen LogP) is 3.35. The second-order valence-electron chi connectivity index (χ2n) is 6.51. The number of carbonyl (C=O) groups excluding carboxylic acids is 1. The van der Waals surface area contributed by atoms with Gasteiger partial charge in [-0.3, -0.25) is 4.79 Å². The molecule has 1 atom stereocenters. The van der Waals surface area contributed by atoms with Crippen LogP contribution in [0, 0.1) is 5.92 Å². The van der Waals surface area contributed by atoms with Gasteiger partial charge in [-0.05, 0) is 43.2 Å². The van der Waals surface area contributed by atoms with E-state index in [0.29, 0.717) is 17.5 Å². The summed E-state index contributed by atoms with van der Waals surface area (Å²) in [7, 11) is 0. The third-order valence-corrected chi connectivity index (χ3v) is 4.28. The van der Waals surface area contributed by atoms with Crippen molar-refractivity contribution >= 4 is 11.9 Å². The summed E-state index contributed by atoms with van der Waals surface area (Å²) in [5, 5.41) is 9.23. The fourth-order valence-corrected chi connectivity index (χ4v) is 3.27. The zero-order chi connectivity index (χ0) is 16.1. The molecule has 0 bridgehead atoms. The molecule has 22 heavy (non-hydrogen) atoms.